The minimum absolute atomic E-state index is 0.0993. The molecule has 6 nitrogen and oxygen atoms in total. The first-order valence-corrected chi connectivity index (χ1v) is 11.6. The van der Waals surface area contributed by atoms with Crippen LogP contribution in [0, 0.1) is 5.82 Å². The average Bonchev–Trinajstić information content (AvgIpc) is 2.81. The summed E-state index contributed by atoms with van der Waals surface area (Å²) < 4.78 is 79.1. The van der Waals surface area contributed by atoms with Crippen LogP contribution in [-0.4, -0.2) is 31.5 Å². The number of halogens is 4. The van der Waals surface area contributed by atoms with Gasteiger partial charge in [-0.15, -0.1) is 0 Å². The zero-order valence-corrected chi connectivity index (χ0v) is 18.3. The molecule has 0 atom stereocenters. The third-order valence-corrected chi connectivity index (χ3v) is 6.35. The van der Waals surface area contributed by atoms with Crippen LogP contribution in [0.4, 0.5) is 23.4 Å². The van der Waals surface area contributed by atoms with E-state index in [0.29, 0.717) is 34.2 Å². The quantitative estimate of drug-likeness (QED) is 0.286. The topological polar surface area (TPSA) is 84.0 Å². The van der Waals surface area contributed by atoms with Crippen molar-refractivity contribution in [2.24, 2.45) is 0 Å². The van der Waals surface area contributed by atoms with Crippen LogP contribution in [0.5, 0.6) is 0 Å². The molecule has 176 valence electrons. The predicted molar refractivity (Wildman–Crippen MR) is 120 cm³/mol. The number of hydrogen-bond acceptors (Lipinski definition) is 5. The molecular formula is C23H18F4N4O2S. The zero-order chi connectivity index (χ0) is 24.3. The fourth-order valence-electron chi connectivity index (χ4n) is 3.23. The number of nitrogens with one attached hydrogen (secondary N) is 2. The average molecular weight is 490 g/mol. The van der Waals surface area contributed by atoms with Crippen LogP contribution in [0.1, 0.15) is 5.56 Å². The summed E-state index contributed by atoms with van der Waals surface area (Å²) in [4.78, 5) is 8.50. The third-order valence-electron chi connectivity index (χ3n) is 4.89. The van der Waals surface area contributed by atoms with E-state index in [0.717, 1.165) is 18.2 Å². The van der Waals surface area contributed by atoms with Crippen molar-refractivity contribution in [3.05, 3.63) is 84.2 Å². The first-order chi connectivity index (χ1) is 16.1. The molecule has 0 saturated heterocycles. The van der Waals surface area contributed by atoms with Crippen molar-refractivity contribution < 1.29 is 26.0 Å². The van der Waals surface area contributed by atoms with Gasteiger partial charge < -0.3 is 5.32 Å². The number of rotatable bonds is 7. The fraction of sp³-hybridized carbons (Fsp3) is 0.130. The Labute approximate surface area is 192 Å². The molecule has 0 unspecified atom stereocenters. The van der Waals surface area contributed by atoms with Gasteiger partial charge in [0, 0.05) is 24.0 Å². The highest BCUT2D eigenvalue weighted by Crippen LogP contribution is 2.30. The second-order valence-corrected chi connectivity index (χ2v) is 9.04. The van der Waals surface area contributed by atoms with E-state index < -0.39 is 32.5 Å². The molecule has 11 heteroatoms. The summed E-state index contributed by atoms with van der Waals surface area (Å²) >= 11 is 0. The molecule has 0 radical (unpaired) electrons. The van der Waals surface area contributed by atoms with E-state index >= 15 is 0 Å². The SMILES string of the molecule is O=S(=O)(NCCNc1nc(-c2ccc(F)cc2)nc2ccccc12)c1cccc(C(F)(F)F)c1. The van der Waals surface area contributed by atoms with Crippen LogP contribution in [0.3, 0.4) is 0 Å². The minimum Gasteiger partial charge on any atom is -0.368 e. The smallest absolute Gasteiger partial charge is 0.368 e. The fourth-order valence-corrected chi connectivity index (χ4v) is 4.31. The number of benzene rings is 3. The third kappa shape index (κ3) is 5.32. The van der Waals surface area contributed by atoms with E-state index in [2.05, 4.69) is 20.0 Å². The maximum atomic E-state index is 13.3. The van der Waals surface area contributed by atoms with Crippen molar-refractivity contribution in [3.63, 3.8) is 0 Å². The van der Waals surface area contributed by atoms with Crippen LogP contribution in [0.15, 0.2) is 77.7 Å². The zero-order valence-electron chi connectivity index (χ0n) is 17.5. The van der Waals surface area contributed by atoms with E-state index in [-0.39, 0.29) is 13.1 Å². The summed E-state index contributed by atoms with van der Waals surface area (Å²) in [7, 11) is -4.15. The molecule has 0 spiro atoms. The molecule has 0 aliphatic heterocycles. The molecular weight excluding hydrogens is 472 g/mol. The maximum absolute atomic E-state index is 13.3. The van der Waals surface area contributed by atoms with Gasteiger partial charge in [0.2, 0.25) is 10.0 Å². The standard InChI is InChI=1S/C23H18F4N4O2S/c24-17-10-8-15(9-11-17)21-30-20-7-2-1-6-19(20)22(31-21)28-12-13-29-34(32,33)18-5-3-4-16(14-18)23(25,26)27/h1-11,14,29H,12-13H2,(H,28,30,31). The van der Waals surface area contributed by atoms with E-state index in [1.807, 2.05) is 0 Å². The Bertz CT molecular complexity index is 1430. The highest BCUT2D eigenvalue weighted by Gasteiger charge is 2.31. The van der Waals surface area contributed by atoms with Crippen LogP contribution in [0.2, 0.25) is 0 Å². The van der Waals surface area contributed by atoms with Gasteiger partial charge in [-0.3, -0.25) is 0 Å². The molecule has 0 saturated carbocycles. The predicted octanol–water partition coefficient (Wildman–Crippen LogP) is 4.85. The Balaban J connectivity index is 1.50. The maximum Gasteiger partial charge on any atom is 0.416 e. The van der Waals surface area contributed by atoms with E-state index in [1.165, 1.54) is 12.1 Å². The first kappa shape index (κ1) is 23.6. The van der Waals surface area contributed by atoms with Gasteiger partial charge in [0.05, 0.1) is 16.0 Å². The summed E-state index contributed by atoms with van der Waals surface area (Å²) in [6.07, 6.45) is -4.65. The van der Waals surface area contributed by atoms with Gasteiger partial charge in [-0.25, -0.2) is 27.5 Å². The first-order valence-electron chi connectivity index (χ1n) is 10.1. The number of fused-ring (bicyclic) bond motifs is 1. The van der Waals surface area contributed by atoms with Crippen molar-refractivity contribution >= 4 is 26.7 Å². The number of sulfonamides is 1. The second-order valence-electron chi connectivity index (χ2n) is 7.27. The van der Waals surface area contributed by atoms with Crippen LogP contribution in [0.25, 0.3) is 22.3 Å². The van der Waals surface area contributed by atoms with Crippen LogP contribution in [-0.2, 0) is 16.2 Å². The number of para-hydroxylation sites is 1. The highest BCUT2D eigenvalue weighted by molar-refractivity contribution is 7.89. The molecule has 0 bridgehead atoms. The van der Waals surface area contributed by atoms with Crippen molar-refractivity contribution in [3.8, 4) is 11.4 Å². The monoisotopic (exact) mass is 490 g/mol. The lowest BCUT2D eigenvalue weighted by Crippen LogP contribution is -2.29. The van der Waals surface area contributed by atoms with Crippen LogP contribution < -0.4 is 10.0 Å². The van der Waals surface area contributed by atoms with Crippen molar-refractivity contribution in [2.75, 3.05) is 18.4 Å². The Kier molecular flexibility index (Phi) is 6.49. The van der Waals surface area contributed by atoms with E-state index in [4.69, 9.17) is 0 Å². The number of anilines is 1. The highest BCUT2D eigenvalue weighted by atomic mass is 32.2. The Hall–Kier alpha value is -3.57. The van der Waals surface area contributed by atoms with Crippen molar-refractivity contribution in [1.82, 2.24) is 14.7 Å². The molecule has 4 rings (SSSR count). The van der Waals surface area contributed by atoms with Crippen molar-refractivity contribution in [1.29, 1.82) is 0 Å². The molecule has 1 aromatic heterocycles. The van der Waals surface area contributed by atoms with E-state index in [9.17, 15) is 26.0 Å². The number of aromatic nitrogens is 2. The summed E-state index contributed by atoms with van der Waals surface area (Å²) in [5.74, 6) is 0.393. The van der Waals surface area contributed by atoms with Gasteiger partial charge in [0.15, 0.2) is 5.82 Å². The second kappa shape index (κ2) is 9.35. The number of alkyl halides is 3. The Morgan fingerprint density at radius 2 is 1.59 bits per heavy atom. The molecule has 4 aromatic rings. The molecule has 0 aliphatic carbocycles. The summed E-state index contributed by atoms with van der Waals surface area (Å²) in [5.41, 5.74) is 0.179. The summed E-state index contributed by atoms with van der Waals surface area (Å²) in [6.45, 7) is -0.00908. The Morgan fingerprint density at radius 3 is 2.32 bits per heavy atom. The van der Waals surface area contributed by atoms with Gasteiger partial charge in [-0.2, -0.15) is 13.2 Å². The van der Waals surface area contributed by atoms with Gasteiger partial charge in [0.25, 0.3) is 0 Å². The lowest BCUT2D eigenvalue weighted by molar-refractivity contribution is -0.137. The molecule has 1 heterocycles. The van der Waals surface area contributed by atoms with Gasteiger partial charge in [-0.1, -0.05) is 18.2 Å². The molecule has 34 heavy (non-hydrogen) atoms. The van der Waals surface area contributed by atoms with Gasteiger partial charge in [0.1, 0.15) is 11.6 Å². The minimum atomic E-state index is -4.65. The number of hydrogen-bond donors (Lipinski definition) is 2. The van der Waals surface area contributed by atoms with Crippen LogP contribution >= 0.6 is 0 Å². The van der Waals surface area contributed by atoms with Gasteiger partial charge in [-0.05, 0) is 54.6 Å². The lowest BCUT2D eigenvalue weighted by atomic mass is 10.2. The normalized spacial score (nSPS) is 12.1. The molecule has 0 fully saturated rings. The molecule has 0 aliphatic rings. The van der Waals surface area contributed by atoms with E-state index in [1.54, 1.807) is 36.4 Å². The molecule has 2 N–H and O–H groups in total. The lowest BCUT2D eigenvalue weighted by Gasteiger charge is -2.13. The van der Waals surface area contributed by atoms with Gasteiger partial charge >= 0.3 is 6.18 Å². The Morgan fingerprint density at radius 1 is 0.853 bits per heavy atom. The summed E-state index contributed by atoms with van der Waals surface area (Å²) in [5, 5.41) is 3.73. The van der Waals surface area contributed by atoms with Crippen molar-refractivity contribution in [2.45, 2.75) is 11.1 Å². The molecule has 3 aromatic carbocycles. The number of nitrogens with zero attached hydrogens (tertiary/aromatic N) is 2. The molecule has 0 amide bonds. The summed E-state index contributed by atoms with van der Waals surface area (Å²) in [6, 6.07) is 16.4. The largest absolute Gasteiger partial charge is 0.416 e.